The number of benzene rings is 1. The lowest BCUT2D eigenvalue weighted by atomic mass is 10.2. The Labute approximate surface area is 92.5 Å². The highest BCUT2D eigenvalue weighted by molar-refractivity contribution is 6.28. The molecule has 0 atom stereocenters. The maximum Gasteiger partial charge on any atom is 0.221 e. The normalized spacial score (nSPS) is 10.3. The van der Waals surface area contributed by atoms with Gasteiger partial charge in [-0.2, -0.15) is 4.98 Å². The Morgan fingerprint density at radius 3 is 2.40 bits per heavy atom. The van der Waals surface area contributed by atoms with E-state index in [1.165, 1.54) is 4.68 Å². The van der Waals surface area contributed by atoms with Crippen molar-refractivity contribution in [1.29, 1.82) is 0 Å². The van der Waals surface area contributed by atoms with E-state index in [4.69, 9.17) is 16.3 Å². The molecule has 1 heterocycles. The molecule has 0 N–H and O–H groups in total. The van der Waals surface area contributed by atoms with E-state index in [1.807, 2.05) is 24.3 Å². The summed E-state index contributed by atoms with van der Waals surface area (Å²) in [4.78, 5) is 4.11. The van der Waals surface area contributed by atoms with Gasteiger partial charge in [-0.05, 0) is 35.9 Å². The van der Waals surface area contributed by atoms with Gasteiger partial charge in [-0.25, -0.2) is 4.68 Å². The molecule has 0 radical (unpaired) electrons. The van der Waals surface area contributed by atoms with Gasteiger partial charge in [-0.3, -0.25) is 0 Å². The van der Waals surface area contributed by atoms with Crippen LogP contribution < -0.4 is 4.74 Å². The minimum absolute atomic E-state index is 0.376. The lowest BCUT2D eigenvalue weighted by Crippen LogP contribution is -1.89. The van der Waals surface area contributed by atoms with Gasteiger partial charge in [0.15, 0.2) is 5.82 Å². The number of aryl methyl sites for hydroxylation is 1. The van der Waals surface area contributed by atoms with Crippen LogP contribution in [0.1, 0.15) is 0 Å². The van der Waals surface area contributed by atoms with Gasteiger partial charge in [0.25, 0.3) is 0 Å². The van der Waals surface area contributed by atoms with Crippen LogP contribution in [0.2, 0.25) is 5.28 Å². The summed E-state index contributed by atoms with van der Waals surface area (Å²) in [5, 5.41) is 4.54. The monoisotopic (exact) mass is 223 g/mol. The van der Waals surface area contributed by atoms with Crippen LogP contribution >= 0.6 is 11.6 Å². The Kier molecular flexibility index (Phi) is 2.60. The molecule has 0 aliphatic heterocycles. The first-order valence-electron chi connectivity index (χ1n) is 4.41. The standard InChI is InChI=1S/C10H10ClN3O/c1-14-10(11)12-9(13-14)7-3-5-8(15-2)6-4-7/h3-6H,1-2H3. The van der Waals surface area contributed by atoms with Crippen LogP contribution in [0.25, 0.3) is 11.4 Å². The highest BCUT2D eigenvalue weighted by atomic mass is 35.5. The van der Waals surface area contributed by atoms with Crippen molar-refractivity contribution in [2.75, 3.05) is 7.11 Å². The molecule has 78 valence electrons. The Bertz CT molecular complexity index is 445. The van der Waals surface area contributed by atoms with E-state index in [0.29, 0.717) is 11.1 Å². The molecule has 0 unspecified atom stereocenters. The number of nitrogens with zero attached hydrogens (tertiary/aromatic N) is 3. The van der Waals surface area contributed by atoms with Crippen molar-refractivity contribution in [2.24, 2.45) is 7.05 Å². The molecule has 2 aromatic rings. The number of halogens is 1. The summed E-state index contributed by atoms with van der Waals surface area (Å²) in [5.41, 5.74) is 0.915. The lowest BCUT2D eigenvalue weighted by Gasteiger charge is -1.99. The second-order valence-corrected chi connectivity index (χ2v) is 3.39. The molecule has 1 aromatic heterocycles. The number of aromatic nitrogens is 3. The number of methoxy groups -OCH3 is 1. The maximum atomic E-state index is 5.80. The van der Waals surface area contributed by atoms with Crippen molar-refractivity contribution in [3.8, 4) is 17.1 Å². The molecule has 0 spiro atoms. The van der Waals surface area contributed by atoms with Gasteiger partial charge in [0, 0.05) is 12.6 Å². The molecule has 0 aliphatic carbocycles. The fourth-order valence-electron chi connectivity index (χ4n) is 1.23. The Morgan fingerprint density at radius 1 is 1.27 bits per heavy atom. The zero-order valence-electron chi connectivity index (χ0n) is 8.44. The summed E-state index contributed by atoms with van der Waals surface area (Å²) in [5.74, 6) is 1.42. The minimum Gasteiger partial charge on any atom is -0.497 e. The predicted octanol–water partition coefficient (Wildman–Crippen LogP) is 2.14. The molecule has 2 rings (SSSR count). The molecule has 0 fully saturated rings. The molecule has 0 bridgehead atoms. The third kappa shape index (κ3) is 1.94. The molecule has 0 saturated carbocycles. The summed E-state index contributed by atoms with van der Waals surface area (Å²) >= 11 is 5.80. The van der Waals surface area contributed by atoms with Gasteiger partial charge >= 0.3 is 0 Å². The largest absolute Gasteiger partial charge is 0.497 e. The van der Waals surface area contributed by atoms with Gasteiger partial charge in [0.05, 0.1) is 7.11 Å². The molecule has 5 heteroatoms. The summed E-state index contributed by atoms with van der Waals surface area (Å²) < 4.78 is 6.59. The third-order valence-corrected chi connectivity index (χ3v) is 2.39. The molecule has 0 amide bonds. The quantitative estimate of drug-likeness (QED) is 0.783. The molecule has 15 heavy (non-hydrogen) atoms. The summed E-state index contributed by atoms with van der Waals surface area (Å²) in [6.45, 7) is 0. The molecular weight excluding hydrogens is 214 g/mol. The van der Waals surface area contributed by atoms with Gasteiger partial charge in [0.1, 0.15) is 5.75 Å². The fraction of sp³-hybridized carbons (Fsp3) is 0.200. The molecule has 0 saturated heterocycles. The van der Waals surface area contributed by atoms with Crippen LogP contribution in [-0.2, 0) is 7.05 Å². The molecule has 1 aromatic carbocycles. The number of rotatable bonds is 2. The summed E-state index contributed by atoms with van der Waals surface area (Å²) in [6.07, 6.45) is 0. The Hall–Kier alpha value is -1.55. The zero-order valence-corrected chi connectivity index (χ0v) is 9.19. The average Bonchev–Trinajstić information content (AvgIpc) is 2.59. The van der Waals surface area contributed by atoms with Crippen LogP contribution in [0.15, 0.2) is 24.3 Å². The molecule has 4 nitrogen and oxygen atoms in total. The minimum atomic E-state index is 0.376. The van der Waals surface area contributed by atoms with Gasteiger partial charge in [0.2, 0.25) is 5.28 Å². The third-order valence-electron chi connectivity index (χ3n) is 2.06. The lowest BCUT2D eigenvalue weighted by molar-refractivity contribution is 0.415. The van der Waals surface area contributed by atoms with Crippen molar-refractivity contribution in [3.63, 3.8) is 0 Å². The van der Waals surface area contributed by atoms with Gasteiger partial charge in [-0.15, -0.1) is 5.10 Å². The topological polar surface area (TPSA) is 39.9 Å². The Morgan fingerprint density at radius 2 is 1.93 bits per heavy atom. The van der Waals surface area contributed by atoms with Gasteiger partial charge < -0.3 is 4.74 Å². The van der Waals surface area contributed by atoms with Crippen molar-refractivity contribution in [3.05, 3.63) is 29.5 Å². The van der Waals surface area contributed by atoms with Gasteiger partial charge in [-0.1, -0.05) is 0 Å². The van der Waals surface area contributed by atoms with Crippen LogP contribution in [0.4, 0.5) is 0 Å². The van der Waals surface area contributed by atoms with E-state index in [2.05, 4.69) is 10.1 Å². The second-order valence-electron chi connectivity index (χ2n) is 3.06. The van der Waals surface area contributed by atoms with Crippen molar-refractivity contribution in [2.45, 2.75) is 0 Å². The number of hydrogen-bond donors (Lipinski definition) is 0. The number of ether oxygens (including phenoxy) is 1. The van der Waals surface area contributed by atoms with Crippen molar-refractivity contribution in [1.82, 2.24) is 14.8 Å². The number of hydrogen-bond acceptors (Lipinski definition) is 3. The maximum absolute atomic E-state index is 5.80. The van der Waals surface area contributed by atoms with E-state index < -0.39 is 0 Å². The van der Waals surface area contributed by atoms with E-state index in [-0.39, 0.29) is 0 Å². The van der Waals surface area contributed by atoms with Crippen LogP contribution in [0, 0.1) is 0 Å². The van der Waals surface area contributed by atoms with Crippen LogP contribution in [0.3, 0.4) is 0 Å². The van der Waals surface area contributed by atoms with E-state index in [1.54, 1.807) is 14.2 Å². The van der Waals surface area contributed by atoms with E-state index in [9.17, 15) is 0 Å². The fourth-order valence-corrected chi connectivity index (χ4v) is 1.35. The molecule has 0 aliphatic rings. The average molecular weight is 224 g/mol. The van der Waals surface area contributed by atoms with E-state index in [0.717, 1.165) is 11.3 Å². The highest BCUT2D eigenvalue weighted by Gasteiger charge is 2.06. The first-order valence-corrected chi connectivity index (χ1v) is 4.79. The van der Waals surface area contributed by atoms with Crippen LogP contribution in [0.5, 0.6) is 5.75 Å². The first-order chi connectivity index (χ1) is 7.20. The Balaban J connectivity index is 2.37. The summed E-state index contributed by atoms with van der Waals surface area (Å²) in [6, 6.07) is 7.51. The SMILES string of the molecule is COc1ccc(-c2nc(Cl)n(C)n2)cc1. The molecular formula is C10H10ClN3O. The van der Waals surface area contributed by atoms with Crippen molar-refractivity contribution >= 4 is 11.6 Å². The highest BCUT2D eigenvalue weighted by Crippen LogP contribution is 2.20. The zero-order chi connectivity index (χ0) is 10.8. The van der Waals surface area contributed by atoms with E-state index >= 15 is 0 Å². The first kappa shape index (κ1) is 9.98. The smallest absolute Gasteiger partial charge is 0.221 e. The second kappa shape index (κ2) is 3.90. The summed E-state index contributed by atoms with van der Waals surface area (Å²) in [7, 11) is 3.38. The van der Waals surface area contributed by atoms with Crippen LogP contribution in [-0.4, -0.2) is 21.9 Å². The van der Waals surface area contributed by atoms with Crippen molar-refractivity contribution < 1.29 is 4.74 Å². The predicted molar refractivity (Wildman–Crippen MR) is 58.0 cm³/mol.